The number of aliphatic imine (C=N–C) groups is 1. The number of ether oxygens (including phenoxy) is 2. The third-order valence-corrected chi connectivity index (χ3v) is 4.03. The molecule has 0 spiro atoms. The molecule has 21 heavy (non-hydrogen) atoms. The molecule has 1 fully saturated rings. The summed E-state index contributed by atoms with van der Waals surface area (Å²) in [7, 11) is 1.70. The van der Waals surface area contributed by atoms with Gasteiger partial charge >= 0.3 is 0 Å². The Hall–Kier alpha value is -1.15. The Balaban J connectivity index is 1.77. The van der Waals surface area contributed by atoms with E-state index in [9.17, 15) is 5.11 Å². The second-order valence-electron chi connectivity index (χ2n) is 5.16. The van der Waals surface area contributed by atoms with Gasteiger partial charge in [0.05, 0.1) is 32.5 Å². The first kappa shape index (κ1) is 16.2. The number of guanidine groups is 1. The van der Waals surface area contributed by atoms with E-state index in [1.54, 1.807) is 25.3 Å². The van der Waals surface area contributed by atoms with Gasteiger partial charge in [-0.15, -0.1) is 0 Å². The van der Waals surface area contributed by atoms with Gasteiger partial charge in [-0.1, -0.05) is 0 Å². The third-order valence-electron chi connectivity index (χ3n) is 3.35. The van der Waals surface area contributed by atoms with E-state index in [1.165, 1.54) is 0 Å². The van der Waals surface area contributed by atoms with Crippen LogP contribution in [0.1, 0.15) is 12.5 Å². The lowest BCUT2D eigenvalue weighted by Gasteiger charge is -2.26. The molecule has 2 unspecified atom stereocenters. The summed E-state index contributed by atoms with van der Waals surface area (Å²) in [6.45, 7) is 4.67. The second kappa shape index (κ2) is 7.74. The number of thiophene rings is 1. The van der Waals surface area contributed by atoms with Gasteiger partial charge in [-0.25, -0.2) is 0 Å². The first-order valence-electron chi connectivity index (χ1n) is 7.01. The van der Waals surface area contributed by atoms with E-state index in [-0.39, 0.29) is 6.10 Å². The van der Waals surface area contributed by atoms with Crippen molar-refractivity contribution in [1.82, 2.24) is 10.6 Å². The number of aliphatic hydroxyl groups is 1. The van der Waals surface area contributed by atoms with Crippen LogP contribution in [-0.2, 0) is 15.1 Å². The quantitative estimate of drug-likeness (QED) is 0.546. The highest BCUT2D eigenvalue weighted by Crippen LogP contribution is 2.21. The molecule has 0 amide bonds. The molecule has 2 rings (SSSR count). The Morgan fingerprint density at radius 2 is 2.38 bits per heavy atom. The van der Waals surface area contributed by atoms with E-state index in [0.29, 0.717) is 38.9 Å². The molecule has 1 aliphatic heterocycles. The zero-order valence-electron chi connectivity index (χ0n) is 12.5. The van der Waals surface area contributed by atoms with Gasteiger partial charge in [-0.3, -0.25) is 4.99 Å². The largest absolute Gasteiger partial charge is 0.384 e. The molecule has 1 aromatic rings. The van der Waals surface area contributed by atoms with Crippen molar-refractivity contribution in [1.29, 1.82) is 0 Å². The minimum Gasteiger partial charge on any atom is -0.384 e. The van der Waals surface area contributed by atoms with Crippen LogP contribution in [0.3, 0.4) is 0 Å². The fourth-order valence-corrected chi connectivity index (χ4v) is 2.80. The van der Waals surface area contributed by atoms with Crippen molar-refractivity contribution in [2.24, 2.45) is 4.99 Å². The Bertz CT molecular complexity index is 442. The Morgan fingerprint density at radius 1 is 1.52 bits per heavy atom. The molecular weight excluding hydrogens is 290 g/mol. The topological polar surface area (TPSA) is 75.1 Å². The van der Waals surface area contributed by atoms with E-state index in [0.717, 1.165) is 5.56 Å². The maximum absolute atomic E-state index is 10.5. The normalized spacial score (nSPS) is 22.6. The zero-order chi connectivity index (χ0) is 15.1. The third kappa shape index (κ3) is 4.96. The van der Waals surface area contributed by atoms with E-state index in [4.69, 9.17) is 9.47 Å². The minimum atomic E-state index is -0.929. The van der Waals surface area contributed by atoms with Gasteiger partial charge in [0, 0.05) is 13.6 Å². The lowest BCUT2D eigenvalue weighted by atomic mass is 9.99. The summed E-state index contributed by atoms with van der Waals surface area (Å²) in [4.78, 5) is 4.15. The van der Waals surface area contributed by atoms with Crippen molar-refractivity contribution in [2.75, 3.05) is 40.0 Å². The molecule has 0 radical (unpaired) electrons. The van der Waals surface area contributed by atoms with Crippen LogP contribution in [0.25, 0.3) is 0 Å². The monoisotopic (exact) mass is 313 g/mol. The van der Waals surface area contributed by atoms with Crippen LogP contribution in [0, 0.1) is 0 Å². The summed E-state index contributed by atoms with van der Waals surface area (Å²) in [5, 5.41) is 20.7. The first-order chi connectivity index (χ1) is 10.1. The number of rotatable bonds is 5. The van der Waals surface area contributed by atoms with Gasteiger partial charge in [0.25, 0.3) is 0 Å². The molecule has 1 saturated heterocycles. The highest BCUT2D eigenvalue weighted by molar-refractivity contribution is 7.08. The number of hydrogen-bond donors (Lipinski definition) is 3. The van der Waals surface area contributed by atoms with E-state index in [1.807, 2.05) is 16.8 Å². The zero-order valence-corrected chi connectivity index (χ0v) is 13.3. The van der Waals surface area contributed by atoms with Gasteiger partial charge in [-0.2, -0.15) is 11.3 Å². The number of nitrogens with zero attached hydrogens (tertiary/aromatic N) is 1. The van der Waals surface area contributed by atoms with Crippen LogP contribution < -0.4 is 10.6 Å². The minimum absolute atomic E-state index is 0.0367. The summed E-state index contributed by atoms with van der Waals surface area (Å²) < 4.78 is 10.9. The molecular formula is C14H23N3O3S. The molecule has 3 N–H and O–H groups in total. The van der Waals surface area contributed by atoms with Crippen molar-refractivity contribution in [3.63, 3.8) is 0 Å². The van der Waals surface area contributed by atoms with Crippen LogP contribution in [0.15, 0.2) is 21.8 Å². The maximum atomic E-state index is 10.5. The lowest BCUT2D eigenvalue weighted by molar-refractivity contribution is -0.0850. The smallest absolute Gasteiger partial charge is 0.191 e. The van der Waals surface area contributed by atoms with E-state index in [2.05, 4.69) is 15.6 Å². The van der Waals surface area contributed by atoms with Crippen LogP contribution in [0.5, 0.6) is 0 Å². The lowest BCUT2D eigenvalue weighted by Crippen LogP contribution is -2.47. The molecule has 2 atom stereocenters. The average molecular weight is 313 g/mol. The predicted octanol–water partition coefficient (Wildman–Crippen LogP) is 0.536. The van der Waals surface area contributed by atoms with E-state index >= 15 is 0 Å². The molecule has 6 nitrogen and oxygen atoms in total. The molecule has 2 heterocycles. The van der Waals surface area contributed by atoms with Crippen LogP contribution in [-0.4, -0.2) is 57.1 Å². The fraction of sp³-hybridized carbons (Fsp3) is 0.643. The summed E-state index contributed by atoms with van der Waals surface area (Å²) in [5.74, 6) is 0.639. The van der Waals surface area contributed by atoms with Crippen molar-refractivity contribution in [3.8, 4) is 0 Å². The van der Waals surface area contributed by atoms with Crippen LogP contribution in [0.4, 0.5) is 0 Å². The summed E-state index contributed by atoms with van der Waals surface area (Å²) in [5.41, 5.74) is -0.0262. The van der Waals surface area contributed by atoms with Crippen LogP contribution >= 0.6 is 11.3 Å². The van der Waals surface area contributed by atoms with Crippen molar-refractivity contribution < 1.29 is 14.6 Å². The molecule has 0 aromatic carbocycles. The second-order valence-corrected chi connectivity index (χ2v) is 5.94. The van der Waals surface area contributed by atoms with Gasteiger partial charge in [0.15, 0.2) is 5.96 Å². The highest BCUT2D eigenvalue weighted by atomic mass is 32.1. The fourth-order valence-electron chi connectivity index (χ4n) is 2.01. The van der Waals surface area contributed by atoms with Gasteiger partial charge in [0.2, 0.25) is 0 Å². The Morgan fingerprint density at radius 3 is 3.00 bits per heavy atom. The molecule has 7 heteroatoms. The Labute approximate surface area is 129 Å². The first-order valence-corrected chi connectivity index (χ1v) is 7.95. The van der Waals surface area contributed by atoms with Crippen molar-refractivity contribution in [3.05, 3.63) is 22.4 Å². The number of hydrogen-bond acceptors (Lipinski definition) is 5. The van der Waals surface area contributed by atoms with Gasteiger partial charge in [-0.05, 0) is 29.3 Å². The summed E-state index contributed by atoms with van der Waals surface area (Å²) in [6.07, 6.45) is 0.0367. The van der Waals surface area contributed by atoms with Crippen molar-refractivity contribution >= 4 is 17.3 Å². The summed E-state index contributed by atoms with van der Waals surface area (Å²) >= 11 is 1.57. The maximum Gasteiger partial charge on any atom is 0.191 e. The molecule has 0 bridgehead atoms. The standard InChI is InChI=1S/C14H23N3O3S/c1-14(18,11-3-6-21-9-11)10-17-13(15-2)16-7-12-8-19-4-5-20-12/h3,6,9,12,18H,4-5,7-8,10H2,1-2H3,(H2,15,16,17). The molecule has 1 aromatic heterocycles. The molecule has 118 valence electrons. The Kier molecular flexibility index (Phi) is 5.98. The van der Waals surface area contributed by atoms with Gasteiger partial charge in [0.1, 0.15) is 5.60 Å². The van der Waals surface area contributed by atoms with E-state index < -0.39 is 5.60 Å². The highest BCUT2D eigenvalue weighted by Gasteiger charge is 2.24. The van der Waals surface area contributed by atoms with Crippen LogP contribution in [0.2, 0.25) is 0 Å². The summed E-state index contributed by atoms with van der Waals surface area (Å²) in [6, 6.07) is 1.93. The average Bonchev–Trinajstić information content (AvgIpc) is 3.03. The SMILES string of the molecule is CN=C(NCC1COCCO1)NCC(C)(O)c1ccsc1. The molecule has 0 saturated carbocycles. The molecule has 1 aliphatic rings. The predicted molar refractivity (Wildman–Crippen MR) is 83.8 cm³/mol. The molecule has 0 aliphatic carbocycles. The van der Waals surface area contributed by atoms with Gasteiger partial charge < -0.3 is 25.2 Å². The van der Waals surface area contributed by atoms with Crippen molar-refractivity contribution in [2.45, 2.75) is 18.6 Å². The number of nitrogens with one attached hydrogen (secondary N) is 2.